The maximum atomic E-state index is 14.7. The summed E-state index contributed by atoms with van der Waals surface area (Å²) in [4.78, 5) is 0.910. The first-order valence-electron chi connectivity index (χ1n) is 7.18. The molecule has 7 heteroatoms. The smallest absolute Gasteiger partial charge is 0.242 e. The van der Waals surface area contributed by atoms with Gasteiger partial charge in [0.1, 0.15) is 5.67 Å². The lowest BCUT2D eigenvalue weighted by atomic mass is 9.99. The van der Waals surface area contributed by atoms with Crippen LogP contribution in [0, 0.1) is 6.92 Å². The van der Waals surface area contributed by atoms with E-state index in [2.05, 4.69) is 5.10 Å². The van der Waals surface area contributed by atoms with E-state index >= 15 is 0 Å². The van der Waals surface area contributed by atoms with Gasteiger partial charge in [-0.3, -0.25) is 0 Å². The van der Waals surface area contributed by atoms with Crippen molar-refractivity contribution in [3.8, 4) is 0 Å². The van der Waals surface area contributed by atoms with Crippen LogP contribution in [0.1, 0.15) is 23.8 Å². The number of hydrogen-bond donors (Lipinski definition) is 0. The summed E-state index contributed by atoms with van der Waals surface area (Å²) in [5.41, 5.74) is -0.230. The lowest BCUT2D eigenvalue weighted by molar-refractivity contribution is 0.147. The van der Waals surface area contributed by atoms with Gasteiger partial charge in [0, 0.05) is 6.42 Å². The normalized spacial score (nSPS) is 22.0. The van der Waals surface area contributed by atoms with Crippen LogP contribution in [0.15, 0.2) is 51.8 Å². The SMILES string of the molecule is Cc1ccc(S(=O)(=O)N2CC(C)(F)CC(c3cccs3)=N2)cc1. The molecule has 0 spiro atoms. The summed E-state index contributed by atoms with van der Waals surface area (Å²) in [5.74, 6) is 0. The minimum absolute atomic E-state index is 0.105. The van der Waals surface area contributed by atoms with E-state index in [0.29, 0.717) is 5.71 Å². The van der Waals surface area contributed by atoms with Gasteiger partial charge in [0.25, 0.3) is 10.0 Å². The number of hydrazone groups is 1. The summed E-state index contributed by atoms with van der Waals surface area (Å²) in [7, 11) is -3.86. The molecule has 0 fully saturated rings. The molecule has 3 rings (SSSR count). The third-order valence-electron chi connectivity index (χ3n) is 3.64. The third-order valence-corrected chi connectivity index (χ3v) is 6.19. The molecule has 0 bridgehead atoms. The largest absolute Gasteiger partial charge is 0.279 e. The molecule has 0 radical (unpaired) electrons. The highest BCUT2D eigenvalue weighted by molar-refractivity contribution is 7.89. The quantitative estimate of drug-likeness (QED) is 0.848. The van der Waals surface area contributed by atoms with Crippen molar-refractivity contribution in [2.75, 3.05) is 6.54 Å². The van der Waals surface area contributed by atoms with Crippen molar-refractivity contribution in [2.24, 2.45) is 5.10 Å². The summed E-state index contributed by atoms with van der Waals surface area (Å²) < 4.78 is 41.1. The van der Waals surface area contributed by atoms with E-state index in [-0.39, 0.29) is 17.9 Å². The van der Waals surface area contributed by atoms with E-state index in [4.69, 9.17) is 0 Å². The second-order valence-corrected chi connectivity index (χ2v) is 8.70. The van der Waals surface area contributed by atoms with E-state index in [1.165, 1.54) is 30.4 Å². The van der Waals surface area contributed by atoms with Crippen molar-refractivity contribution < 1.29 is 12.8 Å². The maximum absolute atomic E-state index is 14.7. The van der Waals surface area contributed by atoms with Crippen LogP contribution in [0.2, 0.25) is 0 Å². The Labute approximate surface area is 139 Å². The molecule has 1 aromatic carbocycles. The van der Waals surface area contributed by atoms with Gasteiger partial charge in [0.05, 0.1) is 22.0 Å². The van der Waals surface area contributed by atoms with Crippen molar-refractivity contribution in [1.29, 1.82) is 0 Å². The Morgan fingerprint density at radius 1 is 1.26 bits per heavy atom. The van der Waals surface area contributed by atoms with Gasteiger partial charge >= 0.3 is 0 Å². The topological polar surface area (TPSA) is 49.7 Å². The van der Waals surface area contributed by atoms with Gasteiger partial charge in [0.15, 0.2) is 0 Å². The predicted molar refractivity (Wildman–Crippen MR) is 90.1 cm³/mol. The van der Waals surface area contributed by atoms with E-state index in [0.717, 1.165) is 14.9 Å². The first-order chi connectivity index (χ1) is 10.8. The highest BCUT2D eigenvalue weighted by Gasteiger charge is 2.38. The highest BCUT2D eigenvalue weighted by atomic mass is 32.2. The minimum Gasteiger partial charge on any atom is -0.242 e. The Bertz CT molecular complexity index is 825. The minimum atomic E-state index is -3.86. The van der Waals surface area contributed by atoms with Gasteiger partial charge in [-0.25, -0.2) is 4.39 Å². The average molecular weight is 352 g/mol. The summed E-state index contributed by atoms with van der Waals surface area (Å²) in [6.07, 6.45) is 0.105. The van der Waals surface area contributed by atoms with Crippen LogP contribution in [0.25, 0.3) is 0 Å². The van der Waals surface area contributed by atoms with Crippen LogP contribution >= 0.6 is 11.3 Å². The lowest BCUT2D eigenvalue weighted by Crippen LogP contribution is -2.44. The van der Waals surface area contributed by atoms with Crippen LogP contribution in [0.5, 0.6) is 0 Å². The number of rotatable bonds is 3. The fourth-order valence-corrected chi connectivity index (χ4v) is 4.52. The second kappa shape index (κ2) is 5.72. The fraction of sp³-hybridized carbons (Fsp3) is 0.312. The zero-order chi connectivity index (χ0) is 16.7. The number of hydrogen-bond acceptors (Lipinski definition) is 4. The number of aryl methyl sites for hydroxylation is 1. The second-order valence-electron chi connectivity index (χ2n) is 5.91. The third kappa shape index (κ3) is 3.30. The van der Waals surface area contributed by atoms with Crippen LogP contribution in [0.3, 0.4) is 0 Å². The van der Waals surface area contributed by atoms with Crippen LogP contribution in [-0.4, -0.2) is 30.8 Å². The predicted octanol–water partition coefficient (Wildman–Crippen LogP) is 3.58. The fourth-order valence-electron chi connectivity index (χ4n) is 2.44. The van der Waals surface area contributed by atoms with E-state index in [1.54, 1.807) is 12.1 Å². The molecule has 2 aromatic rings. The van der Waals surface area contributed by atoms with Gasteiger partial charge in [0.2, 0.25) is 0 Å². The molecule has 0 saturated carbocycles. The molecular formula is C16H17FN2O2S2. The molecule has 23 heavy (non-hydrogen) atoms. The summed E-state index contributed by atoms with van der Waals surface area (Å²) in [6, 6.07) is 10.1. The molecule has 1 unspecified atom stereocenters. The molecule has 0 saturated heterocycles. The first-order valence-corrected chi connectivity index (χ1v) is 9.50. The van der Waals surface area contributed by atoms with Crippen molar-refractivity contribution in [3.05, 3.63) is 52.2 Å². The summed E-state index contributed by atoms with van der Waals surface area (Å²) in [6.45, 7) is 3.01. The van der Waals surface area contributed by atoms with Crippen molar-refractivity contribution in [1.82, 2.24) is 4.41 Å². The molecule has 0 N–H and O–H groups in total. The Hall–Kier alpha value is -1.73. The number of sulfonamides is 1. The highest BCUT2D eigenvalue weighted by Crippen LogP contribution is 2.30. The van der Waals surface area contributed by atoms with Crippen LogP contribution in [-0.2, 0) is 10.0 Å². The number of thiophene rings is 1. The van der Waals surface area contributed by atoms with Gasteiger partial charge in [-0.1, -0.05) is 23.8 Å². The molecule has 1 aromatic heterocycles. The standard InChI is InChI=1S/C16H17FN2O2S2/c1-12-5-7-13(8-6-12)23(20,21)19-11-16(2,17)10-14(18-19)15-4-3-9-22-15/h3-9H,10-11H2,1-2H3. The monoisotopic (exact) mass is 352 g/mol. The van der Waals surface area contributed by atoms with Crippen LogP contribution in [0.4, 0.5) is 4.39 Å². The van der Waals surface area contributed by atoms with Crippen LogP contribution < -0.4 is 0 Å². The lowest BCUT2D eigenvalue weighted by Gasteiger charge is -2.32. The van der Waals surface area contributed by atoms with Gasteiger partial charge in [-0.15, -0.1) is 11.3 Å². The van der Waals surface area contributed by atoms with Crippen molar-refractivity contribution in [2.45, 2.75) is 30.8 Å². The van der Waals surface area contributed by atoms with Crippen molar-refractivity contribution in [3.63, 3.8) is 0 Å². The number of benzene rings is 1. The molecular weight excluding hydrogens is 335 g/mol. The van der Waals surface area contributed by atoms with Gasteiger partial charge in [-0.2, -0.15) is 17.9 Å². The summed E-state index contributed by atoms with van der Waals surface area (Å²) in [5, 5.41) is 6.08. The number of nitrogens with zero attached hydrogens (tertiary/aromatic N) is 2. The van der Waals surface area contributed by atoms with Gasteiger partial charge < -0.3 is 0 Å². The Balaban J connectivity index is 2.03. The zero-order valence-corrected chi connectivity index (χ0v) is 14.5. The number of halogens is 1. The Kier molecular flexibility index (Phi) is 4.01. The zero-order valence-electron chi connectivity index (χ0n) is 12.9. The summed E-state index contributed by atoms with van der Waals surface area (Å²) >= 11 is 1.42. The molecule has 4 nitrogen and oxygen atoms in total. The molecule has 1 aliphatic rings. The first kappa shape index (κ1) is 16.1. The van der Waals surface area contributed by atoms with E-state index < -0.39 is 15.7 Å². The Morgan fingerprint density at radius 3 is 2.57 bits per heavy atom. The van der Waals surface area contributed by atoms with Gasteiger partial charge in [-0.05, 0) is 37.4 Å². The molecule has 0 aliphatic carbocycles. The molecule has 2 heterocycles. The maximum Gasteiger partial charge on any atom is 0.279 e. The molecule has 122 valence electrons. The molecule has 0 amide bonds. The van der Waals surface area contributed by atoms with E-state index in [1.807, 2.05) is 24.4 Å². The van der Waals surface area contributed by atoms with Crippen molar-refractivity contribution >= 4 is 27.1 Å². The number of alkyl halides is 1. The molecule has 1 atom stereocenters. The van der Waals surface area contributed by atoms with E-state index in [9.17, 15) is 12.8 Å². The molecule has 1 aliphatic heterocycles. The Morgan fingerprint density at radius 2 is 1.96 bits per heavy atom. The average Bonchev–Trinajstić information content (AvgIpc) is 3.00.